The molecule has 0 aliphatic carbocycles. The van der Waals surface area contributed by atoms with Crippen LogP contribution in [0, 0.1) is 0 Å². The van der Waals surface area contributed by atoms with E-state index in [1.165, 1.54) is 4.90 Å². The van der Waals surface area contributed by atoms with E-state index >= 15 is 0 Å². The minimum absolute atomic E-state index is 0.0289. The monoisotopic (exact) mass is 355 g/mol. The Morgan fingerprint density at radius 3 is 2.82 bits per heavy atom. The summed E-state index contributed by atoms with van der Waals surface area (Å²) in [5, 5.41) is 9.46. The first-order chi connectivity index (χ1) is 10.4. The minimum atomic E-state index is -3.08. The molecule has 116 valence electrons. The average Bonchev–Trinajstić information content (AvgIpc) is 2.90. The molecule has 2 aliphatic heterocycles. The number of nitrogens with zero attached hydrogens (tertiary/aromatic N) is 1. The third kappa shape index (κ3) is 3.04. The molecule has 1 N–H and O–H groups in total. The predicted octanol–water partition coefficient (Wildman–Crippen LogP) is 1.78. The molecule has 2 aliphatic rings. The molecule has 0 spiro atoms. The van der Waals surface area contributed by atoms with Gasteiger partial charge in [-0.05, 0) is 30.2 Å². The number of phenols is 1. The fourth-order valence-electron chi connectivity index (χ4n) is 2.54. The lowest BCUT2D eigenvalue weighted by Crippen LogP contribution is -2.39. The van der Waals surface area contributed by atoms with Gasteiger partial charge in [0.2, 0.25) is 0 Å². The number of benzene rings is 1. The second kappa shape index (κ2) is 5.68. The molecule has 5 nitrogen and oxygen atoms in total. The van der Waals surface area contributed by atoms with Gasteiger partial charge in [0.05, 0.1) is 22.5 Å². The summed E-state index contributed by atoms with van der Waals surface area (Å²) >= 11 is 6.39. The van der Waals surface area contributed by atoms with Gasteiger partial charge in [-0.3, -0.25) is 9.69 Å². The maximum Gasteiger partial charge on any atom is 0.266 e. The number of rotatable bonds is 2. The van der Waals surface area contributed by atoms with Gasteiger partial charge in [0.15, 0.2) is 9.84 Å². The molecule has 1 aromatic carbocycles. The maximum atomic E-state index is 12.5. The minimum Gasteiger partial charge on any atom is -0.508 e. The Balaban J connectivity index is 1.86. The zero-order valence-corrected chi connectivity index (χ0v) is 13.9. The van der Waals surface area contributed by atoms with Crippen LogP contribution in [-0.4, -0.2) is 46.2 Å². The molecule has 0 bridgehead atoms. The molecule has 2 heterocycles. The largest absolute Gasteiger partial charge is 0.508 e. The Morgan fingerprint density at radius 2 is 2.18 bits per heavy atom. The van der Waals surface area contributed by atoms with Crippen LogP contribution in [0.15, 0.2) is 29.2 Å². The van der Waals surface area contributed by atoms with Crippen LogP contribution in [0.25, 0.3) is 6.08 Å². The Labute approximate surface area is 137 Å². The molecular formula is C14H13NO4S3. The number of amides is 1. The molecule has 0 radical (unpaired) electrons. The van der Waals surface area contributed by atoms with Crippen molar-refractivity contribution in [3.63, 3.8) is 0 Å². The van der Waals surface area contributed by atoms with E-state index in [4.69, 9.17) is 12.2 Å². The van der Waals surface area contributed by atoms with E-state index in [2.05, 4.69) is 0 Å². The van der Waals surface area contributed by atoms with E-state index in [0.29, 0.717) is 21.2 Å². The fraction of sp³-hybridized carbons (Fsp3) is 0.286. The van der Waals surface area contributed by atoms with Crippen molar-refractivity contribution >= 4 is 50.1 Å². The molecule has 0 saturated carbocycles. The third-order valence-electron chi connectivity index (χ3n) is 3.57. The molecule has 8 heteroatoms. The van der Waals surface area contributed by atoms with Gasteiger partial charge >= 0.3 is 0 Å². The number of thiocarbonyl (C=S) groups is 1. The first-order valence-corrected chi connectivity index (χ1v) is 9.67. The Bertz CT molecular complexity index is 785. The molecule has 0 aromatic heterocycles. The van der Waals surface area contributed by atoms with Crippen molar-refractivity contribution in [1.82, 2.24) is 4.90 Å². The van der Waals surface area contributed by atoms with Crippen molar-refractivity contribution in [3.05, 3.63) is 34.7 Å². The molecule has 2 fully saturated rings. The highest BCUT2D eigenvalue weighted by molar-refractivity contribution is 8.26. The number of carbonyl (C=O) groups is 1. The van der Waals surface area contributed by atoms with Gasteiger partial charge in [0.25, 0.3) is 5.91 Å². The molecule has 1 aromatic rings. The van der Waals surface area contributed by atoms with Gasteiger partial charge in [0.1, 0.15) is 10.1 Å². The number of carbonyl (C=O) groups excluding carboxylic acids is 1. The van der Waals surface area contributed by atoms with Crippen LogP contribution in [0.1, 0.15) is 12.0 Å². The van der Waals surface area contributed by atoms with Crippen LogP contribution < -0.4 is 0 Å². The number of thioether (sulfide) groups is 1. The summed E-state index contributed by atoms with van der Waals surface area (Å²) in [6.45, 7) is 0. The lowest BCUT2D eigenvalue weighted by Gasteiger charge is -2.20. The third-order valence-corrected chi connectivity index (χ3v) is 6.65. The SMILES string of the molecule is O=C1/C(=C\c2cccc(O)c2)SC(=S)N1C1CCS(=O)(=O)C1. The average molecular weight is 355 g/mol. The summed E-state index contributed by atoms with van der Waals surface area (Å²) < 4.78 is 23.6. The summed E-state index contributed by atoms with van der Waals surface area (Å²) in [6.07, 6.45) is 2.08. The highest BCUT2D eigenvalue weighted by Gasteiger charge is 2.42. The van der Waals surface area contributed by atoms with E-state index < -0.39 is 9.84 Å². The number of hydrogen-bond acceptors (Lipinski definition) is 6. The zero-order chi connectivity index (χ0) is 15.9. The van der Waals surface area contributed by atoms with E-state index in [1.54, 1.807) is 30.3 Å². The van der Waals surface area contributed by atoms with Crippen molar-refractivity contribution < 1.29 is 18.3 Å². The van der Waals surface area contributed by atoms with Crippen molar-refractivity contribution in [2.24, 2.45) is 0 Å². The summed E-state index contributed by atoms with van der Waals surface area (Å²) in [5.41, 5.74) is 0.694. The van der Waals surface area contributed by atoms with Crippen LogP contribution in [0.4, 0.5) is 0 Å². The topological polar surface area (TPSA) is 74.7 Å². The fourth-order valence-corrected chi connectivity index (χ4v) is 5.64. The highest BCUT2D eigenvalue weighted by Crippen LogP contribution is 2.36. The normalized spacial score (nSPS) is 26.1. The van der Waals surface area contributed by atoms with Crippen LogP contribution in [0.2, 0.25) is 0 Å². The number of aromatic hydroxyl groups is 1. The highest BCUT2D eigenvalue weighted by atomic mass is 32.2. The van der Waals surface area contributed by atoms with Crippen molar-refractivity contribution in [3.8, 4) is 5.75 Å². The standard InChI is InChI=1S/C14H13NO4S3/c16-11-3-1-2-9(6-11)7-12-13(17)15(14(20)21-12)10-4-5-22(18,19)8-10/h1-3,6-7,10,16H,4-5,8H2/b12-7+. The molecular weight excluding hydrogens is 342 g/mol. The van der Waals surface area contributed by atoms with Gasteiger partial charge in [-0.25, -0.2) is 8.42 Å². The zero-order valence-electron chi connectivity index (χ0n) is 11.4. The molecule has 1 unspecified atom stereocenters. The Morgan fingerprint density at radius 1 is 1.41 bits per heavy atom. The molecule has 1 amide bonds. The quantitative estimate of drug-likeness (QED) is 0.644. The van der Waals surface area contributed by atoms with Crippen LogP contribution in [0.5, 0.6) is 5.75 Å². The first kappa shape index (κ1) is 15.5. The number of hydrogen-bond donors (Lipinski definition) is 1. The molecule has 1 atom stereocenters. The van der Waals surface area contributed by atoms with Gasteiger partial charge in [0, 0.05) is 0 Å². The van der Waals surface area contributed by atoms with E-state index in [1.807, 2.05) is 0 Å². The van der Waals surface area contributed by atoms with Crippen molar-refractivity contribution in [1.29, 1.82) is 0 Å². The Kier molecular flexibility index (Phi) is 4.00. The Hall–Kier alpha value is -1.38. The first-order valence-electron chi connectivity index (χ1n) is 6.62. The summed E-state index contributed by atoms with van der Waals surface area (Å²) in [6, 6.07) is 6.18. The molecule has 2 saturated heterocycles. The van der Waals surface area contributed by atoms with Gasteiger partial charge in [-0.2, -0.15) is 0 Å². The second-order valence-electron chi connectivity index (χ2n) is 5.20. The summed E-state index contributed by atoms with van der Waals surface area (Å²) in [4.78, 5) is 14.4. The number of phenolic OH excluding ortho intramolecular Hbond substituents is 1. The van der Waals surface area contributed by atoms with Crippen molar-refractivity contribution in [2.45, 2.75) is 12.5 Å². The van der Waals surface area contributed by atoms with Gasteiger partial charge < -0.3 is 5.11 Å². The van der Waals surface area contributed by atoms with Crippen molar-refractivity contribution in [2.75, 3.05) is 11.5 Å². The number of sulfone groups is 1. The second-order valence-corrected chi connectivity index (χ2v) is 9.11. The van der Waals surface area contributed by atoms with E-state index in [0.717, 1.165) is 11.8 Å². The van der Waals surface area contributed by atoms with E-state index in [-0.39, 0.29) is 29.2 Å². The summed E-state index contributed by atoms with van der Waals surface area (Å²) in [5.74, 6) is -0.0781. The maximum absolute atomic E-state index is 12.5. The lowest BCUT2D eigenvalue weighted by atomic mass is 10.2. The smallest absolute Gasteiger partial charge is 0.266 e. The predicted molar refractivity (Wildman–Crippen MR) is 90.2 cm³/mol. The molecule has 22 heavy (non-hydrogen) atoms. The van der Waals surface area contributed by atoms with Gasteiger partial charge in [-0.1, -0.05) is 36.1 Å². The van der Waals surface area contributed by atoms with Gasteiger partial charge in [-0.15, -0.1) is 0 Å². The van der Waals surface area contributed by atoms with Crippen LogP contribution >= 0.6 is 24.0 Å². The van der Waals surface area contributed by atoms with Crippen LogP contribution in [-0.2, 0) is 14.6 Å². The molecule has 3 rings (SSSR count). The van der Waals surface area contributed by atoms with Crippen LogP contribution in [0.3, 0.4) is 0 Å². The lowest BCUT2D eigenvalue weighted by molar-refractivity contribution is -0.123. The van der Waals surface area contributed by atoms with E-state index in [9.17, 15) is 18.3 Å². The summed E-state index contributed by atoms with van der Waals surface area (Å²) in [7, 11) is -3.08.